The van der Waals surface area contributed by atoms with E-state index in [4.69, 9.17) is 5.73 Å². The SMILES string of the molecule is CCN1CCCN(C(=O)c2ccc(C(N)=O)cc2)C(C)C1. The molecule has 1 aliphatic rings. The Balaban J connectivity index is 2.13. The molecule has 0 aromatic heterocycles. The molecule has 5 heteroatoms. The van der Waals surface area contributed by atoms with Crippen LogP contribution in [0.2, 0.25) is 0 Å². The van der Waals surface area contributed by atoms with Crippen LogP contribution in [-0.2, 0) is 0 Å². The summed E-state index contributed by atoms with van der Waals surface area (Å²) in [5.74, 6) is -0.452. The predicted molar refractivity (Wildman–Crippen MR) is 82.2 cm³/mol. The molecule has 1 unspecified atom stereocenters. The highest BCUT2D eigenvalue weighted by Gasteiger charge is 2.25. The summed E-state index contributed by atoms with van der Waals surface area (Å²) in [4.78, 5) is 28.0. The van der Waals surface area contributed by atoms with Crippen LogP contribution in [0.1, 0.15) is 41.0 Å². The van der Waals surface area contributed by atoms with Crippen molar-refractivity contribution in [2.24, 2.45) is 5.73 Å². The highest BCUT2D eigenvalue weighted by atomic mass is 16.2. The highest BCUT2D eigenvalue weighted by Crippen LogP contribution is 2.15. The fourth-order valence-electron chi connectivity index (χ4n) is 2.78. The maximum absolute atomic E-state index is 12.6. The Morgan fingerprint density at radius 2 is 1.81 bits per heavy atom. The van der Waals surface area contributed by atoms with Gasteiger partial charge in [-0.1, -0.05) is 6.92 Å². The predicted octanol–water partition coefficient (Wildman–Crippen LogP) is 1.34. The first kappa shape index (κ1) is 15.5. The zero-order valence-electron chi connectivity index (χ0n) is 12.7. The Labute approximate surface area is 125 Å². The molecule has 2 N–H and O–H groups in total. The third-order valence-electron chi connectivity index (χ3n) is 4.05. The molecule has 1 aromatic carbocycles. The molecule has 1 fully saturated rings. The average molecular weight is 289 g/mol. The molecule has 0 saturated carbocycles. The van der Waals surface area contributed by atoms with Gasteiger partial charge in [-0.05, 0) is 50.7 Å². The van der Waals surface area contributed by atoms with Crippen LogP contribution >= 0.6 is 0 Å². The number of carbonyl (C=O) groups excluding carboxylic acids is 2. The monoisotopic (exact) mass is 289 g/mol. The zero-order valence-corrected chi connectivity index (χ0v) is 12.7. The number of hydrogen-bond acceptors (Lipinski definition) is 3. The van der Waals surface area contributed by atoms with Gasteiger partial charge in [-0.3, -0.25) is 9.59 Å². The average Bonchev–Trinajstić information content (AvgIpc) is 2.68. The minimum Gasteiger partial charge on any atom is -0.366 e. The number of rotatable bonds is 3. The van der Waals surface area contributed by atoms with E-state index in [1.54, 1.807) is 24.3 Å². The van der Waals surface area contributed by atoms with Crippen LogP contribution in [0.15, 0.2) is 24.3 Å². The third-order valence-corrected chi connectivity index (χ3v) is 4.05. The molecule has 0 bridgehead atoms. The number of nitrogens with two attached hydrogens (primary N) is 1. The first-order chi connectivity index (χ1) is 10.0. The van der Waals surface area contributed by atoms with Crippen molar-refractivity contribution in [3.8, 4) is 0 Å². The van der Waals surface area contributed by atoms with E-state index in [1.165, 1.54) is 0 Å². The molecule has 0 spiro atoms. The molecular weight excluding hydrogens is 266 g/mol. The van der Waals surface area contributed by atoms with Gasteiger partial charge in [0.05, 0.1) is 0 Å². The second kappa shape index (κ2) is 6.72. The van der Waals surface area contributed by atoms with Gasteiger partial charge in [0.1, 0.15) is 0 Å². The van der Waals surface area contributed by atoms with Crippen LogP contribution in [0.4, 0.5) is 0 Å². The summed E-state index contributed by atoms with van der Waals surface area (Å²) in [6.07, 6.45) is 0.989. The summed E-state index contributed by atoms with van der Waals surface area (Å²) in [6.45, 7) is 7.96. The number of likely N-dealkylation sites (N-methyl/N-ethyl adjacent to an activating group) is 1. The van der Waals surface area contributed by atoms with E-state index in [1.807, 2.05) is 4.90 Å². The number of primary amides is 1. The first-order valence-electron chi connectivity index (χ1n) is 7.46. The van der Waals surface area contributed by atoms with E-state index in [-0.39, 0.29) is 11.9 Å². The van der Waals surface area contributed by atoms with Crippen LogP contribution in [0.5, 0.6) is 0 Å². The lowest BCUT2D eigenvalue weighted by Crippen LogP contribution is -2.42. The van der Waals surface area contributed by atoms with E-state index in [0.717, 1.165) is 32.6 Å². The van der Waals surface area contributed by atoms with Gasteiger partial charge < -0.3 is 15.5 Å². The minimum atomic E-state index is -0.476. The van der Waals surface area contributed by atoms with Crippen LogP contribution in [-0.4, -0.2) is 53.8 Å². The van der Waals surface area contributed by atoms with E-state index in [0.29, 0.717) is 11.1 Å². The van der Waals surface area contributed by atoms with Gasteiger partial charge >= 0.3 is 0 Å². The standard InChI is InChI=1S/C16H23N3O2/c1-3-18-9-4-10-19(12(2)11-18)16(21)14-7-5-13(6-8-14)15(17)20/h5-8,12H,3-4,9-11H2,1-2H3,(H2,17,20). The molecule has 1 saturated heterocycles. The fraction of sp³-hybridized carbons (Fsp3) is 0.500. The number of amides is 2. The van der Waals surface area contributed by atoms with Gasteiger partial charge in [0, 0.05) is 30.3 Å². The normalized spacial score (nSPS) is 20.1. The van der Waals surface area contributed by atoms with Gasteiger partial charge in [0.25, 0.3) is 5.91 Å². The molecule has 0 radical (unpaired) electrons. The van der Waals surface area contributed by atoms with Gasteiger partial charge in [-0.15, -0.1) is 0 Å². The van der Waals surface area contributed by atoms with Gasteiger partial charge in [0.2, 0.25) is 5.91 Å². The Morgan fingerprint density at radius 1 is 1.19 bits per heavy atom. The summed E-state index contributed by atoms with van der Waals surface area (Å²) in [5.41, 5.74) is 6.25. The lowest BCUT2D eigenvalue weighted by atomic mass is 10.1. The van der Waals surface area contributed by atoms with E-state index in [9.17, 15) is 9.59 Å². The van der Waals surface area contributed by atoms with Crippen LogP contribution in [0.3, 0.4) is 0 Å². The van der Waals surface area contributed by atoms with Crippen molar-refractivity contribution in [2.45, 2.75) is 26.3 Å². The van der Waals surface area contributed by atoms with Crippen molar-refractivity contribution in [1.29, 1.82) is 0 Å². The summed E-state index contributed by atoms with van der Waals surface area (Å²) in [7, 11) is 0. The van der Waals surface area contributed by atoms with E-state index >= 15 is 0 Å². The Hall–Kier alpha value is -1.88. The van der Waals surface area contributed by atoms with Gasteiger partial charge in [-0.25, -0.2) is 0 Å². The lowest BCUT2D eigenvalue weighted by molar-refractivity contribution is 0.0693. The quantitative estimate of drug-likeness (QED) is 0.913. The molecule has 5 nitrogen and oxygen atoms in total. The van der Waals surface area contributed by atoms with Crippen molar-refractivity contribution in [2.75, 3.05) is 26.2 Å². The largest absolute Gasteiger partial charge is 0.366 e. The second-order valence-corrected chi connectivity index (χ2v) is 5.54. The summed E-state index contributed by atoms with van der Waals surface area (Å²) >= 11 is 0. The molecule has 114 valence electrons. The van der Waals surface area contributed by atoms with Crippen molar-refractivity contribution < 1.29 is 9.59 Å². The topological polar surface area (TPSA) is 66.6 Å². The third kappa shape index (κ3) is 3.61. The number of hydrogen-bond donors (Lipinski definition) is 1. The number of benzene rings is 1. The van der Waals surface area contributed by atoms with Crippen molar-refractivity contribution in [3.63, 3.8) is 0 Å². The number of nitrogens with zero attached hydrogens (tertiary/aromatic N) is 2. The van der Waals surface area contributed by atoms with Crippen molar-refractivity contribution in [1.82, 2.24) is 9.80 Å². The van der Waals surface area contributed by atoms with Crippen LogP contribution in [0.25, 0.3) is 0 Å². The number of carbonyl (C=O) groups is 2. The molecule has 1 heterocycles. The molecular formula is C16H23N3O2. The lowest BCUT2D eigenvalue weighted by Gasteiger charge is -2.28. The highest BCUT2D eigenvalue weighted by molar-refractivity contribution is 5.97. The maximum atomic E-state index is 12.6. The van der Waals surface area contributed by atoms with Gasteiger partial charge in [0.15, 0.2) is 0 Å². The first-order valence-corrected chi connectivity index (χ1v) is 7.46. The van der Waals surface area contributed by atoms with Crippen molar-refractivity contribution in [3.05, 3.63) is 35.4 Å². The summed E-state index contributed by atoms with van der Waals surface area (Å²) < 4.78 is 0. The molecule has 2 amide bonds. The molecule has 1 aliphatic heterocycles. The summed E-state index contributed by atoms with van der Waals surface area (Å²) in [6, 6.07) is 6.76. The molecule has 21 heavy (non-hydrogen) atoms. The molecule has 1 atom stereocenters. The Morgan fingerprint density at radius 3 is 2.38 bits per heavy atom. The Bertz CT molecular complexity index is 513. The minimum absolute atomic E-state index is 0.0245. The molecule has 2 rings (SSSR count). The Kier molecular flexibility index (Phi) is 4.96. The van der Waals surface area contributed by atoms with Gasteiger partial charge in [-0.2, -0.15) is 0 Å². The van der Waals surface area contributed by atoms with E-state index < -0.39 is 5.91 Å². The molecule has 0 aliphatic carbocycles. The second-order valence-electron chi connectivity index (χ2n) is 5.54. The smallest absolute Gasteiger partial charge is 0.254 e. The maximum Gasteiger partial charge on any atom is 0.254 e. The van der Waals surface area contributed by atoms with Crippen molar-refractivity contribution >= 4 is 11.8 Å². The zero-order chi connectivity index (χ0) is 15.4. The molecule has 1 aromatic rings. The summed E-state index contributed by atoms with van der Waals surface area (Å²) in [5, 5.41) is 0. The fourth-order valence-corrected chi connectivity index (χ4v) is 2.78. The van der Waals surface area contributed by atoms with Crippen LogP contribution < -0.4 is 5.73 Å². The van der Waals surface area contributed by atoms with E-state index in [2.05, 4.69) is 18.7 Å². The van der Waals surface area contributed by atoms with Crippen LogP contribution in [0, 0.1) is 0 Å².